The van der Waals surface area contributed by atoms with Crippen LogP contribution in [0.15, 0.2) is 79.0 Å². The largest absolute Gasteiger partial charge is 0.496 e. The molecule has 0 saturated heterocycles. The summed E-state index contributed by atoms with van der Waals surface area (Å²) in [4.78, 5) is 39.5. The van der Waals surface area contributed by atoms with Crippen LogP contribution in [0.4, 0.5) is 21.4 Å². The molecule has 0 spiro atoms. The molecule has 2 amide bonds. The van der Waals surface area contributed by atoms with Crippen molar-refractivity contribution in [2.24, 2.45) is 0 Å². The van der Waals surface area contributed by atoms with E-state index in [-0.39, 0.29) is 17.0 Å². The number of benzene rings is 2. The number of anilines is 2. The van der Waals surface area contributed by atoms with Crippen LogP contribution in [0, 0.1) is 6.92 Å². The third-order valence-electron chi connectivity index (χ3n) is 10.6. The molecule has 6 rings (SSSR count). The number of methoxy groups -OCH3 is 2. The number of nitrogens with one attached hydrogen (secondary N) is 2. The molecule has 1 aliphatic heterocycles. The molecule has 58 heavy (non-hydrogen) atoms. The standard InChI is InChI=1S/C43H54N8O6Si/c1-8-15-32(22-25-57-58(43(3,4)5,33-16-11-9-12-17-33)34-18-13-10-14-19-34)45-39-38-37(46-40(47-39)48-41(52)56-7)29(2)49-51(38)28-31-27-44-35(26-36(31)55-6)30-20-23-50(24-21-30)42(53)54/h9-14,16-20,26-27,32H,8,15,21-25,28H2,1-7H3,(H,53,54)(H2,45,46,47,48,52)/t32-/m0/s1. The van der Waals surface area contributed by atoms with Crippen LogP contribution in [0.3, 0.4) is 0 Å². The third-order valence-corrected chi connectivity index (χ3v) is 15.7. The molecule has 1 aliphatic rings. The number of amides is 2. The number of carboxylic acid groups (broad SMARTS) is 1. The number of carbonyl (C=O) groups is 2. The normalized spacial score (nSPS) is 13.8. The minimum Gasteiger partial charge on any atom is -0.496 e. The fourth-order valence-electron chi connectivity index (χ4n) is 7.78. The van der Waals surface area contributed by atoms with Gasteiger partial charge in [0.2, 0.25) is 5.95 Å². The summed E-state index contributed by atoms with van der Waals surface area (Å²) in [7, 11) is 0.143. The van der Waals surface area contributed by atoms with Gasteiger partial charge in [0, 0.05) is 43.6 Å². The van der Waals surface area contributed by atoms with E-state index in [1.807, 2.05) is 35.9 Å². The van der Waals surface area contributed by atoms with E-state index < -0.39 is 20.5 Å². The Bertz CT molecular complexity index is 2200. The van der Waals surface area contributed by atoms with E-state index in [0.717, 1.165) is 29.7 Å². The van der Waals surface area contributed by atoms with Gasteiger partial charge in [-0.3, -0.25) is 15.0 Å². The molecule has 4 heterocycles. The number of aromatic nitrogens is 5. The Balaban J connectivity index is 1.33. The molecule has 0 saturated carbocycles. The zero-order chi connectivity index (χ0) is 41.5. The minimum absolute atomic E-state index is 0.0488. The van der Waals surface area contributed by atoms with Crippen LogP contribution in [0.2, 0.25) is 5.04 Å². The van der Waals surface area contributed by atoms with E-state index in [2.05, 4.69) is 86.9 Å². The maximum atomic E-state index is 12.4. The number of rotatable bonds is 15. The van der Waals surface area contributed by atoms with Gasteiger partial charge in [-0.15, -0.1) is 0 Å². The summed E-state index contributed by atoms with van der Waals surface area (Å²) in [6.07, 6.45) is 5.04. The van der Waals surface area contributed by atoms with Crippen molar-refractivity contribution in [2.75, 3.05) is 44.5 Å². The first-order valence-corrected chi connectivity index (χ1v) is 21.6. The number of pyridine rings is 1. The van der Waals surface area contributed by atoms with Gasteiger partial charge in [-0.2, -0.15) is 10.1 Å². The van der Waals surface area contributed by atoms with Crippen molar-refractivity contribution in [1.82, 2.24) is 29.6 Å². The lowest BCUT2D eigenvalue weighted by molar-refractivity contribution is 0.150. The summed E-state index contributed by atoms with van der Waals surface area (Å²) in [5.74, 6) is 1.23. The number of carbonyl (C=O) groups excluding carboxylic acids is 1. The predicted molar refractivity (Wildman–Crippen MR) is 229 cm³/mol. The van der Waals surface area contributed by atoms with Gasteiger partial charge in [-0.25, -0.2) is 14.6 Å². The van der Waals surface area contributed by atoms with Crippen molar-refractivity contribution in [3.63, 3.8) is 0 Å². The van der Waals surface area contributed by atoms with E-state index in [0.29, 0.717) is 67.4 Å². The van der Waals surface area contributed by atoms with Gasteiger partial charge in [-0.1, -0.05) is 101 Å². The van der Waals surface area contributed by atoms with Gasteiger partial charge < -0.3 is 29.2 Å². The van der Waals surface area contributed by atoms with Gasteiger partial charge in [0.05, 0.1) is 32.2 Å². The second-order valence-corrected chi connectivity index (χ2v) is 19.8. The van der Waals surface area contributed by atoms with Crippen LogP contribution in [0.25, 0.3) is 16.6 Å². The quantitative estimate of drug-likeness (QED) is 0.0926. The summed E-state index contributed by atoms with van der Waals surface area (Å²) in [5, 5.41) is 22.9. The molecule has 15 heteroatoms. The van der Waals surface area contributed by atoms with E-state index in [9.17, 15) is 14.7 Å². The molecule has 0 aliphatic carbocycles. The molecule has 5 aromatic rings. The van der Waals surface area contributed by atoms with Crippen molar-refractivity contribution in [3.05, 3.63) is 96.0 Å². The molecule has 0 unspecified atom stereocenters. The molecule has 306 valence electrons. The van der Waals surface area contributed by atoms with Gasteiger partial charge in [0.25, 0.3) is 8.32 Å². The Labute approximate surface area is 340 Å². The molecule has 0 radical (unpaired) electrons. The molecular weight excluding hydrogens is 753 g/mol. The highest BCUT2D eigenvalue weighted by Gasteiger charge is 2.50. The fourth-order valence-corrected chi connectivity index (χ4v) is 12.4. The Hall–Kier alpha value is -5.80. The molecule has 2 aromatic carbocycles. The second kappa shape index (κ2) is 18.2. The second-order valence-electron chi connectivity index (χ2n) is 15.5. The Morgan fingerprint density at radius 1 is 1.00 bits per heavy atom. The maximum absolute atomic E-state index is 12.4. The van der Waals surface area contributed by atoms with Crippen molar-refractivity contribution >= 4 is 59.3 Å². The Kier molecular flexibility index (Phi) is 13.1. The number of hydrogen-bond donors (Lipinski definition) is 3. The summed E-state index contributed by atoms with van der Waals surface area (Å²) < 4.78 is 19.9. The molecule has 1 atom stereocenters. The smallest absolute Gasteiger partial charge is 0.413 e. The molecular formula is C43H54N8O6Si. The average molecular weight is 807 g/mol. The number of hydrogen-bond acceptors (Lipinski definition) is 10. The van der Waals surface area contributed by atoms with Crippen molar-refractivity contribution < 1.29 is 28.6 Å². The first-order valence-electron chi connectivity index (χ1n) is 19.7. The monoisotopic (exact) mass is 806 g/mol. The van der Waals surface area contributed by atoms with E-state index >= 15 is 0 Å². The summed E-state index contributed by atoms with van der Waals surface area (Å²) in [6, 6.07) is 23.1. The Morgan fingerprint density at radius 3 is 2.26 bits per heavy atom. The van der Waals surface area contributed by atoms with Crippen LogP contribution < -0.4 is 25.7 Å². The van der Waals surface area contributed by atoms with Crippen LogP contribution in [-0.4, -0.2) is 95.2 Å². The number of nitrogens with zero attached hydrogens (tertiary/aromatic N) is 6. The van der Waals surface area contributed by atoms with Crippen LogP contribution in [-0.2, 0) is 15.7 Å². The predicted octanol–water partition coefficient (Wildman–Crippen LogP) is 7.08. The van der Waals surface area contributed by atoms with Gasteiger partial charge in [0.1, 0.15) is 16.8 Å². The molecule has 0 bridgehead atoms. The number of fused-ring (bicyclic) bond motifs is 1. The van der Waals surface area contributed by atoms with Crippen LogP contribution in [0.5, 0.6) is 5.75 Å². The van der Waals surface area contributed by atoms with Crippen LogP contribution in [0.1, 0.15) is 70.3 Å². The van der Waals surface area contributed by atoms with Crippen molar-refractivity contribution in [3.8, 4) is 5.75 Å². The van der Waals surface area contributed by atoms with Crippen LogP contribution >= 0.6 is 0 Å². The highest BCUT2D eigenvalue weighted by molar-refractivity contribution is 6.99. The molecule has 3 aromatic heterocycles. The highest BCUT2D eigenvalue weighted by Crippen LogP contribution is 2.37. The summed E-state index contributed by atoms with van der Waals surface area (Å²) in [5.41, 5.74) is 4.37. The lowest BCUT2D eigenvalue weighted by atomic mass is 10.0. The van der Waals surface area contributed by atoms with Crippen molar-refractivity contribution in [1.29, 1.82) is 0 Å². The molecule has 14 nitrogen and oxygen atoms in total. The zero-order valence-electron chi connectivity index (χ0n) is 34.4. The number of aryl methyl sites for hydroxylation is 1. The maximum Gasteiger partial charge on any atom is 0.413 e. The lowest BCUT2D eigenvalue weighted by Crippen LogP contribution is -2.66. The minimum atomic E-state index is -2.76. The third kappa shape index (κ3) is 9.00. The first-order chi connectivity index (χ1) is 27.9. The van der Waals surface area contributed by atoms with E-state index in [1.165, 1.54) is 22.4 Å². The number of ether oxygens (including phenoxy) is 2. The summed E-state index contributed by atoms with van der Waals surface area (Å²) >= 11 is 0. The van der Waals surface area contributed by atoms with E-state index in [4.69, 9.17) is 34.0 Å². The van der Waals surface area contributed by atoms with Gasteiger partial charge in [-0.05, 0) is 47.2 Å². The topological polar surface area (TPSA) is 166 Å². The zero-order valence-corrected chi connectivity index (χ0v) is 35.4. The molecule has 3 N–H and O–H groups in total. The summed E-state index contributed by atoms with van der Waals surface area (Å²) in [6.45, 7) is 12.4. The van der Waals surface area contributed by atoms with Crippen molar-refractivity contribution in [2.45, 2.75) is 77.9 Å². The van der Waals surface area contributed by atoms with Gasteiger partial charge >= 0.3 is 12.2 Å². The SMILES string of the molecule is CCC[C@@H](CCO[Si](c1ccccc1)(c1ccccc1)C(C)(C)C)Nc1nc(NC(=O)OC)nc2c(C)nn(Cc3cnc(C4=CCN(C(=O)O)CC4)cc3OC)c12. The van der Waals surface area contributed by atoms with E-state index in [1.54, 1.807) is 13.3 Å². The highest BCUT2D eigenvalue weighted by atomic mass is 28.4. The Morgan fingerprint density at radius 2 is 1.69 bits per heavy atom. The average Bonchev–Trinajstić information content (AvgIpc) is 3.53. The fraction of sp³-hybridized carbons (Fsp3) is 0.395. The first kappa shape index (κ1) is 41.8. The lowest BCUT2D eigenvalue weighted by Gasteiger charge is -2.43. The van der Waals surface area contributed by atoms with Gasteiger partial charge in [0.15, 0.2) is 5.82 Å². The molecule has 0 fully saturated rings.